The summed E-state index contributed by atoms with van der Waals surface area (Å²) in [5, 5.41) is 4.44. The van der Waals surface area contributed by atoms with Crippen LogP contribution in [0.5, 0.6) is 0 Å². The molecule has 2 rings (SSSR count). The number of aromatic nitrogens is 4. The van der Waals surface area contributed by atoms with Gasteiger partial charge in [-0.3, -0.25) is 0 Å². The molecule has 82 valence electrons. The van der Waals surface area contributed by atoms with E-state index >= 15 is 0 Å². The molecule has 0 fully saturated rings. The molecule has 0 spiro atoms. The zero-order chi connectivity index (χ0) is 11.4. The lowest BCUT2D eigenvalue weighted by Crippen LogP contribution is -1.98. The van der Waals surface area contributed by atoms with Crippen molar-refractivity contribution in [2.45, 2.75) is 17.1 Å². The van der Waals surface area contributed by atoms with Gasteiger partial charge in [0.2, 0.25) is 5.95 Å². The van der Waals surface area contributed by atoms with E-state index in [0.29, 0.717) is 11.1 Å². The molecule has 0 aliphatic carbocycles. The average molecular weight is 233 g/mol. The highest BCUT2D eigenvalue weighted by molar-refractivity contribution is 7.99. The molecule has 0 unspecified atom stereocenters. The maximum Gasteiger partial charge on any atom is 0.223 e. The van der Waals surface area contributed by atoms with Crippen LogP contribution in [0, 0.1) is 6.92 Å². The molecular formula is C10H11N5S. The highest BCUT2D eigenvalue weighted by Crippen LogP contribution is 2.23. The molecule has 6 heteroatoms. The van der Waals surface area contributed by atoms with Crippen LogP contribution in [0.2, 0.25) is 0 Å². The van der Waals surface area contributed by atoms with Crippen molar-refractivity contribution in [1.29, 1.82) is 0 Å². The Labute approximate surface area is 97.8 Å². The minimum atomic E-state index is 0.610. The summed E-state index contributed by atoms with van der Waals surface area (Å²) in [6.45, 7) is 1.93. The summed E-state index contributed by atoms with van der Waals surface area (Å²) < 4.78 is 0. The number of hydrogen-bond donors (Lipinski definition) is 1. The average Bonchev–Trinajstić information content (AvgIpc) is 2.29. The minimum absolute atomic E-state index is 0.610. The summed E-state index contributed by atoms with van der Waals surface area (Å²) in [6.07, 6.45) is 3.42. The topological polar surface area (TPSA) is 63.6 Å². The van der Waals surface area contributed by atoms with E-state index in [0.717, 1.165) is 10.7 Å². The SMILES string of the molecule is CNc1nc(C)cc(Sc2ncccn2)n1. The summed E-state index contributed by atoms with van der Waals surface area (Å²) in [5.74, 6) is 0.610. The van der Waals surface area contributed by atoms with Gasteiger partial charge in [-0.25, -0.2) is 19.9 Å². The number of aryl methyl sites for hydroxylation is 1. The molecule has 1 N–H and O–H groups in total. The minimum Gasteiger partial charge on any atom is -0.357 e. The van der Waals surface area contributed by atoms with E-state index < -0.39 is 0 Å². The number of nitrogens with zero attached hydrogens (tertiary/aromatic N) is 4. The first-order valence-electron chi connectivity index (χ1n) is 4.76. The van der Waals surface area contributed by atoms with Crippen LogP contribution in [0.25, 0.3) is 0 Å². The van der Waals surface area contributed by atoms with Crippen molar-refractivity contribution in [2.24, 2.45) is 0 Å². The fourth-order valence-electron chi connectivity index (χ4n) is 1.14. The van der Waals surface area contributed by atoms with Crippen LogP contribution in [0.4, 0.5) is 5.95 Å². The predicted molar refractivity (Wildman–Crippen MR) is 62.5 cm³/mol. The lowest BCUT2D eigenvalue weighted by Gasteiger charge is -2.03. The summed E-state index contributed by atoms with van der Waals surface area (Å²) in [7, 11) is 1.79. The second-order valence-corrected chi connectivity index (χ2v) is 4.04. The second-order valence-electron chi connectivity index (χ2n) is 3.05. The largest absolute Gasteiger partial charge is 0.357 e. The van der Waals surface area contributed by atoms with Crippen LogP contribution >= 0.6 is 11.8 Å². The normalized spacial score (nSPS) is 10.1. The second kappa shape index (κ2) is 4.89. The van der Waals surface area contributed by atoms with Gasteiger partial charge < -0.3 is 5.32 Å². The Kier molecular flexibility index (Phi) is 3.31. The van der Waals surface area contributed by atoms with Crippen molar-refractivity contribution in [1.82, 2.24) is 19.9 Å². The van der Waals surface area contributed by atoms with Crippen molar-refractivity contribution in [2.75, 3.05) is 12.4 Å². The Morgan fingerprint density at radius 3 is 2.62 bits per heavy atom. The first-order chi connectivity index (χ1) is 7.78. The summed E-state index contributed by atoms with van der Waals surface area (Å²) in [4.78, 5) is 16.8. The third-order valence-electron chi connectivity index (χ3n) is 1.79. The Bertz CT molecular complexity index is 474. The molecule has 0 atom stereocenters. The van der Waals surface area contributed by atoms with Crippen molar-refractivity contribution < 1.29 is 0 Å². The van der Waals surface area contributed by atoms with Gasteiger partial charge in [0, 0.05) is 25.1 Å². The van der Waals surface area contributed by atoms with E-state index in [1.165, 1.54) is 11.8 Å². The van der Waals surface area contributed by atoms with E-state index in [4.69, 9.17) is 0 Å². The molecule has 0 saturated heterocycles. The summed E-state index contributed by atoms with van der Waals surface area (Å²) in [6, 6.07) is 3.69. The van der Waals surface area contributed by atoms with Gasteiger partial charge in [0.1, 0.15) is 5.03 Å². The van der Waals surface area contributed by atoms with E-state index in [-0.39, 0.29) is 0 Å². The Hall–Kier alpha value is -1.69. The molecule has 0 aromatic carbocycles. The Morgan fingerprint density at radius 2 is 1.94 bits per heavy atom. The molecule has 0 saturated carbocycles. The number of rotatable bonds is 3. The molecule has 0 aliphatic heterocycles. The summed E-state index contributed by atoms with van der Waals surface area (Å²) >= 11 is 1.42. The quantitative estimate of drug-likeness (QED) is 0.644. The van der Waals surface area contributed by atoms with Crippen LogP contribution in [0.1, 0.15) is 5.69 Å². The fraction of sp³-hybridized carbons (Fsp3) is 0.200. The monoisotopic (exact) mass is 233 g/mol. The Balaban J connectivity index is 2.24. The highest BCUT2D eigenvalue weighted by atomic mass is 32.2. The zero-order valence-electron chi connectivity index (χ0n) is 9.01. The predicted octanol–water partition coefficient (Wildman–Crippen LogP) is 1.77. The standard InChI is InChI=1S/C10H11N5S/c1-7-6-8(15-9(11-2)14-7)16-10-12-4-3-5-13-10/h3-6H,1-2H3,(H,11,14,15). The maximum absolute atomic E-state index is 4.31. The van der Waals surface area contributed by atoms with E-state index in [1.54, 1.807) is 25.5 Å². The first kappa shape index (κ1) is 10.8. The molecule has 2 aromatic rings. The van der Waals surface area contributed by atoms with Crippen LogP contribution in [-0.4, -0.2) is 27.0 Å². The number of hydrogen-bond acceptors (Lipinski definition) is 6. The lowest BCUT2D eigenvalue weighted by atomic mass is 10.5. The van der Waals surface area contributed by atoms with Gasteiger partial charge in [0.05, 0.1) is 0 Å². The van der Waals surface area contributed by atoms with Crippen molar-refractivity contribution >= 4 is 17.7 Å². The van der Waals surface area contributed by atoms with Gasteiger partial charge in [-0.05, 0) is 30.8 Å². The van der Waals surface area contributed by atoms with Crippen molar-refractivity contribution in [3.63, 3.8) is 0 Å². The molecule has 0 amide bonds. The molecule has 16 heavy (non-hydrogen) atoms. The fourth-order valence-corrected chi connectivity index (χ4v) is 1.91. The summed E-state index contributed by atoms with van der Waals surface area (Å²) in [5.41, 5.74) is 0.915. The van der Waals surface area contributed by atoms with Gasteiger partial charge in [0.15, 0.2) is 5.16 Å². The first-order valence-corrected chi connectivity index (χ1v) is 5.58. The third-order valence-corrected chi connectivity index (χ3v) is 2.60. The maximum atomic E-state index is 4.31. The van der Waals surface area contributed by atoms with Gasteiger partial charge >= 0.3 is 0 Å². The molecule has 0 aliphatic rings. The molecule has 2 aromatic heterocycles. The van der Waals surface area contributed by atoms with E-state index in [2.05, 4.69) is 25.3 Å². The molecule has 0 bridgehead atoms. The molecule has 5 nitrogen and oxygen atoms in total. The number of anilines is 1. The molecule has 2 heterocycles. The van der Waals surface area contributed by atoms with Crippen LogP contribution in [-0.2, 0) is 0 Å². The van der Waals surface area contributed by atoms with Crippen molar-refractivity contribution in [3.05, 3.63) is 30.2 Å². The Morgan fingerprint density at radius 1 is 1.19 bits per heavy atom. The van der Waals surface area contributed by atoms with Crippen LogP contribution in [0.15, 0.2) is 34.7 Å². The number of nitrogens with one attached hydrogen (secondary N) is 1. The smallest absolute Gasteiger partial charge is 0.223 e. The third kappa shape index (κ3) is 2.66. The highest BCUT2D eigenvalue weighted by Gasteiger charge is 2.04. The van der Waals surface area contributed by atoms with E-state index in [9.17, 15) is 0 Å². The van der Waals surface area contributed by atoms with Gasteiger partial charge in [-0.1, -0.05) is 0 Å². The van der Waals surface area contributed by atoms with Gasteiger partial charge in [0.25, 0.3) is 0 Å². The molecule has 0 radical (unpaired) electrons. The van der Waals surface area contributed by atoms with E-state index in [1.807, 2.05) is 13.0 Å². The molecular weight excluding hydrogens is 222 g/mol. The van der Waals surface area contributed by atoms with Gasteiger partial charge in [-0.15, -0.1) is 0 Å². The van der Waals surface area contributed by atoms with Crippen molar-refractivity contribution in [3.8, 4) is 0 Å². The van der Waals surface area contributed by atoms with Crippen LogP contribution in [0.3, 0.4) is 0 Å². The van der Waals surface area contributed by atoms with Gasteiger partial charge in [-0.2, -0.15) is 0 Å². The zero-order valence-corrected chi connectivity index (χ0v) is 9.82. The lowest BCUT2D eigenvalue weighted by molar-refractivity contribution is 0.951. The van der Waals surface area contributed by atoms with Crippen LogP contribution < -0.4 is 5.32 Å².